The maximum Gasteiger partial charge on any atom is 0.184 e. The number of rotatable bonds is 3. The third-order valence-corrected chi connectivity index (χ3v) is 7.11. The van der Waals surface area contributed by atoms with Crippen LogP contribution < -0.4 is 0 Å². The van der Waals surface area contributed by atoms with Crippen molar-refractivity contribution in [3.05, 3.63) is 57.0 Å². The summed E-state index contributed by atoms with van der Waals surface area (Å²) in [5.41, 5.74) is 3.20. The first kappa shape index (κ1) is 14.8. The van der Waals surface area contributed by atoms with E-state index < -0.39 is 9.84 Å². The highest BCUT2D eigenvalue weighted by Gasteiger charge is 2.24. The molecular weight excluding hydrogens is 326 g/mol. The Kier molecular flexibility index (Phi) is 3.32. The number of benzene rings is 2. The zero-order valence-corrected chi connectivity index (χ0v) is 14.7. The van der Waals surface area contributed by atoms with Crippen LogP contribution in [0, 0.1) is 13.8 Å². The summed E-state index contributed by atoms with van der Waals surface area (Å²) < 4.78 is 26.0. The number of hydrogen-bond acceptors (Lipinski definition) is 4. The van der Waals surface area contributed by atoms with Crippen molar-refractivity contribution in [1.82, 2.24) is 4.98 Å². The van der Waals surface area contributed by atoms with Crippen molar-refractivity contribution in [2.45, 2.75) is 37.3 Å². The summed E-state index contributed by atoms with van der Waals surface area (Å²) in [6, 6.07) is 9.74. The van der Waals surface area contributed by atoms with Crippen LogP contribution in [0.15, 0.2) is 35.2 Å². The molecule has 0 spiro atoms. The fraction of sp³-hybridized carbons (Fsp3) is 0.278. The van der Waals surface area contributed by atoms with Crippen LogP contribution in [0.3, 0.4) is 0 Å². The van der Waals surface area contributed by atoms with Crippen molar-refractivity contribution < 1.29 is 8.42 Å². The first-order chi connectivity index (χ1) is 11.0. The Balaban J connectivity index is 1.87. The first-order valence-electron chi connectivity index (χ1n) is 7.65. The van der Waals surface area contributed by atoms with Crippen LogP contribution in [-0.2, 0) is 28.4 Å². The molecule has 4 rings (SSSR count). The van der Waals surface area contributed by atoms with Crippen LogP contribution >= 0.6 is 11.3 Å². The Hall–Kier alpha value is -1.72. The molecule has 2 aromatic carbocycles. The van der Waals surface area contributed by atoms with Crippen LogP contribution in [0.25, 0.3) is 10.8 Å². The Morgan fingerprint density at radius 1 is 1.09 bits per heavy atom. The van der Waals surface area contributed by atoms with Gasteiger partial charge in [0.15, 0.2) is 9.84 Å². The minimum absolute atomic E-state index is 0.0259. The van der Waals surface area contributed by atoms with E-state index in [9.17, 15) is 8.42 Å². The molecule has 0 aliphatic heterocycles. The number of hydrogen-bond donors (Lipinski definition) is 0. The van der Waals surface area contributed by atoms with Crippen molar-refractivity contribution in [1.29, 1.82) is 0 Å². The predicted octanol–water partition coefficient (Wildman–Crippen LogP) is 3.99. The maximum atomic E-state index is 13.0. The van der Waals surface area contributed by atoms with E-state index in [1.165, 1.54) is 11.1 Å². The van der Waals surface area contributed by atoms with Gasteiger partial charge in [-0.25, -0.2) is 13.4 Å². The molecule has 23 heavy (non-hydrogen) atoms. The highest BCUT2D eigenvalue weighted by atomic mass is 32.2. The smallest absolute Gasteiger partial charge is 0.184 e. The Morgan fingerprint density at radius 3 is 2.52 bits per heavy atom. The van der Waals surface area contributed by atoms with Gasteiger partial charge in [-0.1, -0.05) is 24.3 Å². The monoisotopic (exact) mass is 343 g/mol. The Morgan fingerprint density at radius 2 is 1.83 bits per heavy atom. The Labute approximate surface area is 139 Å². The van der Waals surface area contributed by atoms with Gasteiger partial charge in [0.1, 0.15) is 0 Å². The summed E-state index contributed by atoms with van der Waals surface area (Å²) in [7, 11) is -3.41. The second-order valence-electron chi connectivity index (χ2n) is 6.06. The van der Waals surface area contributed by atoms with Crippen molar-refractivity contribution in [2.75, 3.05) is 0 Å². The van der Waals surface area contributed by atoms with E-state index in [0.29, 0.717) is 10.6 Å². The minimum Gasteiger partial charge on any atom is -0.245 e. The van der Waals surface area contributed by atoms with E-state index in [-0.39, 0.29) is 5.75 Å². The standard InChI is InChI=1S/C18H17NO2S2/c1-11-16(19-12(2)22-11)10-23(20,21)17-9-8-14-7-6-13-4-3-5-15(17)18(13)14/h3-5,8-9H,6-7,10H2,1-2H3. The molecule has 0 atom stereocenters. The molecule has 118 valence electrons. The summed E-state index contributed by atoms with van der Waals surface area (Å²) in [6.07, 6.45) is 2.00. The first-order valence-corrected chi connectivity index (χ1v) is 10.1. The van der Waals surface area contributed by atoms with Gasteiger partial charge in [-0.15, -0.1) is 11.3 Å². The van der Waals surface area contributed by atoms with Gasteiger partial charge >= 0.3 is 0 Å². The lowest BCUT2D eigenvalue weighted by Crippen LogP contribution is -2.07. The molecule has 3 nitrogen and oxygen atoms in total. The second-order valence-corrected chi connectivity index (χ2v) is 9.42. The number of sulfone groups is 1. The fourth-order valence-corrected chi connectivity index (χ4v) is 5.96. The van der Waals surface area contributed by atoms with Crippen LogP contribution in [0.5, 0.6) is 0 Å². The largest absolute Gasteiger partial charge is 0.245 e. The van der Waals surface area contributed by atoms with Gasteiger partial charge in [0.25, 0.3) is 0 Å². The van der Waals surface area contributed by atoms with Crippen LogP contribution in [-0.4, -0.2) is 13.4 Å². The van der Waals surface area contributed by atoms with E-state index >= 15 is 0 Å². The zero-order valence-electron chi connectivity index (χ0n) is 13.1. The molecule has 0 N–H and O–H groups in total. The van der Waals surface area contributed by atoms with Gasteiger partial charge < -0.3 is 0 Å². The van der Waals surface area contributed by atoms with Gasteiger partial charge in [-0.3, -0.25) is 0 Å². The lowest BCUT2D eigenvalue weighted by molar-refractivity contribution is 0.595. The summed E-state index contributed by atoms with van der Waals surface area (Å²) in [5.74, 6) is -0.0259. The normalized spacial score (nSPS) is 13.8. The summed E-state index contributed by atoms with van der Waals surface area (Å²) >= 11 is 1.55. The molecule has 0 amide bonds. The van der Waals surface area contributed by atoms with Gasteiger partial charge in [-0.2, -0.15) is 0 Å². The molecule has 1 heterocycles. The number of nitrogens with zero attached hydrogens (tertiary/aromatic N) is 1. The molecule has 5 heteroatoms. The number of aryl methyl sites for hydroxylation is 4. The maximum absolute atomic E-state index is 13.0. The predicted molar refractivity (Wildman–Crippen MR) is 93.8 cm³/mol. The SMILES string of the molecule is Cc1nc(CS(=O)(=O)c2ccc3c4c(cccc24)CC3)c(C)s1. The van der Waals surface area contributed by atoms with Gasteiger partial charge in [-0.05, 0) is 49.3 Å². The molecule has 3 aromatic rings. The second kappa shape index (κ2) is 5.14. The highest BCUT2D eigenvalue weighted by molar-refractivity contribution is 7.90. The van der Waals surface area contributed by atoms with Crippen molar-refractivity contribution in [3.8, 4) is 0 Å². The lowest BCUT2D eigenvalue weighted by Gasteiger charge is -2.09. The molecule has 0 unspecified atom stereocenters. The van der Waals surface area contributed by atoms with E-state index in [1.54, 1.807) is 17.4 Å². The summed E-state index contributed by atoms with van der Waals surface area (Å²) in [4.78, 5) is 5.81. The highest BCUT2D eigenvalue weighted by Crippen LogP contribution is 2.35. The summed E-state index contributed by atoms with van der Waals surface area (Å²) in [6.45, 7) is 3.84. The fourth-order valence-electron chi connectivity index (χ4n) is 3.45. The number of aromatic nitrogens is 1. The van der Waals surface area contributed by atoms with Crippen molar-refractivity contribution in [3.63, 3.8) is 0 Å². The average molecular weight is 343 g/mol. The topological polar surface area (TPSA) is 47.0 Å². The average Bonchev–Trinajstić information content (AvgIpc) is 3.04. The Bertz CT molecular complexity index is 1020. The van der Waals surface area contributed by atoms with E-state index in [4.69, 9.17) is 0 Å². The van der Waals surface area contributed by atoms with Gasteiger partial charge in [0.2, 0.25) is 0 Å². The van der Waals surface area contributed by atoms with Crippen LogP contribution in [0.1, 0.15) is 26.7 Å². The van der Waals surface area contributed by atoms with E-state index in [2.05, 4.69) is 11.1 Å². The molecule has 1 aliphatic carbocycles. The molecule has 0 radical (unpaired) electrons. The minimum atomic E-state index is -3.41. The molecule has 1 aliphatic rings. The third-order valence-electron chi connectivity index (χ3n) is 4.50. The van der Waals surface area contributed by atoms with E-state index in [0.717, 1.165) is 33.5 Å². The van der Waals surface area contributed by atoms with Gasteiger partial charge in [0.05, 0.1) is 21.3 Å². The zero-order chi connectivity index (χ0) is 16.2. The van der Waals surface area contributed by atoms with Crippen LogP contribution in [0.4, 0.5) is 0 Å². The van der Waals surface area contributed by atoms with Crippen LogP contribution in [0.2, 0.25) is 0 Å². The number of thiazole rings is 1. The van der Waals surface area contributed by atoms with Crippen molar-refractivity contribution >= 4 is 31.9 Å². The molecule has 1 aromatic heterocycles. The van der Waals surface area contributed by atoms with E-state index in [1.807, 2.05) is 32.0 Å². The molecular formula is C18H17NO2S2. The summed E-state index contributed by atoms with van der Waals surface area (Å²) in [5, 5.41) is 2.91. The lowest BCUT2D eigenvalue weighted by atomic mass is 10.1. The molecule has 0 fully saturated rings. The third kappa shape index (κ3) is 2.39. The molecule has 0 bridgehead atoms. The van der Waals surface area contributed by atoms with Gasteiger partial charge in [0, 0.05) is 10.3 Å². The quantitative estimate of drug-likeness (QED) is 0.722. The van der Waals surface area contributed by atoms with Crippen molar-refractivity contribution in [2.24, 2.45) is 0 Å². The molecule has 0 saturated carbocycles. The molecule has 0 saturated heterocycles.